The van der Waals surface area contributed by atoms with Gasteiger partial charge in [0.25, 0.3) is 0 Å². The molecule has 0 saturated heterocycles. The molecule has 1 saturated carbocycles. The minimum absolute atomic E-state index is 0.223. The molecular weight excluding hydrogens is 256 g/mol. The number of hydrogen-bond acceptors (Lipinski definition) is 4. The smallest absolute Gasteiger partial charge is 0.310 e. The first kappa shape index (κ1) is 17.0. The second-order valence-corrected chi connectivity index (χ2v) is 5.44. The highest BCUT2D eigenvalue weighted by molar-refractivity contribution is 5.82. The summed E-state index contributed by atoms with van der Waals surface area (Å²) >= 11 is 0. The van der Waals surface area contributed by atoms with E-state index in [2.05, 4.69) is 0 Å². The van der Waals surface area contributed by atoms with Gasteiger partial charge in [0.2, 0.25) is 0 Å². The highest BCUT2D eigenvalue weighted by Crippen LogP contribution is 2.36. The van der Waals surface area contributed by atoms with E-state index in [1.165, 1.54) is 6.42 Å². The Morgan fingerprint density at radius 3 is 2.00 bits per heavy atom. The number of ether oxygens (including phenoxy) is 2. The van der Waals surface area contributed by atoms with E-state index < -0.39 is 0 Å². The summed E-state index contributed by atoms with van der Waals surface area (Å²) in [7, 11) is 0. The molecule has 1 fully saturated rings. The number of carbonyl (C=O) groups is 2. The summed E-state index contributed by atoms with van der Waals surface area (Å²) in [5.41, 5.74) is 0. The van der Waals surface area contributed by atoms with Crippen LogP contribution in [0.5, 0.6) is 0 Å². The van der Waals surface area contributed by atoms with Crippen molar-refractivity contribution in [3.63, 3.8) is 0 Å². The molecule has 0 aromatic carbocycles. The third-order valence-corrected chi connectivity index (χ3v) is 4.18. The van der Waals surface area contributed by atoms with Gasteiger partial charge < -0.3 is 9.47 Å². The average Bonchev–Trinajstić information content (AvgIpc) is 2.45. The van der Waals surface area contributed by atoms with E-state index in [1.807, 2.05) is 6.92 Å². The lowest BCUT2D eigenvalue weighted by atomic mass is 9.73. The number of hydrogen-bond donors (Lipinski definition) is 0. The molecule has 0 aromatic rings. The molecule has 1 rings (SSSR count). The SMILES string of the molecule is CCOC(=O)C(CC)C(C(=O)OCC)C1CCCCC1. The Hall–Kier alpha value is -1.06. The van der Waals surface area contributed by atoms with Crippen LogP contribution in [0.2, 0.25) is 0 Å². The van der Waals surface area contributed by atoms with Crippen molar-refractivity contribution in [1.29, 1.82) is 0 Å². The fourth-order valence-electron chi connectivity index (χ4n) is 3.23. The van der Waals surface area contributed by atoms with Crippen molar-refractivity contribution < 1.29 is 19.1 Å². The van der Waals surface area contributed by atoms with Crippen molar-refractivity contribution in [3.05, 3.63) is 0 Å². The molecule has 1 aliphatic rings. The van der Waals surface area contributed by atoms with Gasteiger partial charge in [-0.1, -0.05) is 26.2 Å². The lowest BCUT2D eigenvalue weighted by molar-refractivity contribution is -0.163. The van der Waals surface area contributed by atoms with Gasteiger partial charge in [-0.05, 0) is 39.0 Å². The first-order chi connectivity index (χ1) is 9.65. The van der Waals surface area contributed by atoms with Crippen molar-refractivity contribution in [1.82, 2.24) is 0 Å². The van der Waals surface area contributed by atoms with Crippen LogP contribution in [0.3, 0.4) is 0 Å². The van der Waals surface area contributed by atoms with E-state index in [1.54, 1.807) is 13.8 Å². The van der Waals surface area contributed by atoms with Crippen LogP contribution >= 0.6 is 0 Å². The monoisotopic (exact) mass is 284 g/mol. The van der Waals surface area contributed by atoms with E-state index in [9.17, 15) is 9.59 Å². The second kappa shape index (κ2) is 8.98. The number of carbonyl (C=O) groups excluding carboxylic acids is 2. The summed E-state index contributed by atoms with van der Waals surface area (Å²) in [6, 6.07) is 0. The van der Waals surface area contributed by atoms with E-state index in [0.29, 0.717) is 19.6 Å². The first-order valence-corrected chi connectivity index (χ1v) is 7.98. The first-order valence-electron chi connectivity index (χ1n) is 7.98. The molecule has 0 N–H and O–H groups in total. The Morgan fingerprint density at radius 2 is 1.50 bits per heavy atom. The molecule has 116 valence electrons. The Balaban J connectivity index is 2.87. The summed E-state index contributed by atoms with van der Waals surface area (Å²) in [5.74, 6) is -0.911. The van der Waals surface area contributed by atoms with Crippen LogP contribution in [0.1, 0.15) is 59.3 Å². The van der Waals surface area contributed by atoms with Crippen molar-refractivity contribution in [2.45, 2.75) is 59.3 Å². The molecule has 4 nitrogen and oxygen atoms in total. The van der Waals surface area contributed by atoms with Gasteiger partial charge in [0.05, 0.1) is 25.0 Å². The van der Waals surface area contributed by atoms with Gasteiger partial charge >= 0.3 is 11.9 Å². The summed E-state index contributed by atoms with van der Waals surface area (Å²) in [5, 5.41) is 0. The normalized spacial score (nSPS) is 19.1. The van der Waals surface area contributed by atoms with Crippen LogP contribution in [-0.2, 0) is 19.1 Å². The predicted octanol–water partition coefficient (Wildman–Crippen LogP) is 3.34. The maximum Gasteiger partial charge on any atom is 0.310 e. The van der Waals surface area contributed by atoms with E-state index in [0.717, 1.165) is 25.7 Å². The topological polar surface area (TPSA) is 52.6 Å². The minimum Gasteiger partial charge on any atom is -0.466 e. The summed E-state index contributed by atoms with van der Waals surface area (Å²) in [6.07, 6.45) is 6.15. The average molecular weight is 284 g/mol. The van der Waals surface area contributed by atoms with Crippen molar-refractivity contribution in [2.75, 3.05) is 13.2 Å². The fourth-order valence-corrected chi connectivity index (χ4v) is 3.23. The van der Waals surface area contributed by atoms with Gasteiger partial charge in [0.15, 0.2) is 0 Å². The minimum atomic E-state index is -0.364. The lowest BCUT2D eigenvalue weighted by Crippen LogP contribution is -2.38. The van der Waals surface area contributed by atoms with Gasteiger partial charge in [-0.15, -0.1) is 0 Å². The van der Waals surface area contributed by atoms with Crippen molar-refractivity contribution in [2.24, 2.45) is 17.8 Å². The quantitative estimate of drug-likeness (QED) is 0.673. The Bertz CT molecular complexity index is 308. The molecule has 0 aliphatic heterocycles. The van der Waals surface area contributed by atoms with Crippen LogP contribution in [-0.4, -0.2) is 25.2 Å². The summed E-state index contributed by atoms with van der Waals surface area (Å²) in [6.45, 7) is 6.26. The van der Waals surface area contributed by atoms with Crippen LogP contribution in [0.15, 0.2) is 0 Å². The Labute approximate surface area is 122 Å². The molecule has 0 spiro atoms. The largest absolute Gasteiger partial charge is 0.466 e. The zero-order valence-electron chi connectivity index (χ0n) is 13.0. The molecule has 20 heavy (non-hydrogen) atoms. The number of esters is 2. The predicted molar refractivity (Wildman–Crippen MR) is 77.1 cm³/mol. The summed E-state index contributed by atoms with van der Waals surface area (Å²) < 4.78 is 10.4. The molecule has 2 atom stereocenters. The molecule has 0 bridgehead atoms. The molecule has 0 radical (unpaired) electrons. The van der Waals surface area contributed by atoms with Crippen LogP contribution < -0.4 is 0 Å². The third kappa shape index (κ3) is 4.50. The molecule has 0 aromatic heterocycles. The van der Waals surface area contributed by atoms with E-state index in [-0.39, 0.29) is 29.7 Å². The molecule has 1 aliphatic carbocycles. The molecule has 4 heteroatoms. The fraction of sp³-hybridized carbons (Fsp3) is 0.875. The second-order valence-electron chi connectivity index (χ2n) is 5.44. The van der Waals surface area contributed by atoms with Crippen LogP contribution in [0, 0.1) is 17.8 Å². The number of rotatable bonds is 7. The molecule has 0 heterocycles. The van der Waals surface area contributed by atoms with Crippen molar-refractivity contribution in [3.8, 4) is 0 Å². The third-order valence-electron chi connectivity index (χ3n) is 4.18. The molecular formula is C16H28O4. The lowest BCUT2D eigenvalue weighted by Gasteiger charge is -2.32. The standard InChI is InChI=1S/C16H28O4/c1-4-13(15(17)19-5-2)14(16(18)20-6-3)12-10-8-7-9-11-12/h12-14H,4-11H2,1-3H3. The zero-order valence-corrected chi connectivity index (χ0v) is 13.0. The van der Waals surface area contributed by atoms with Gasteiger partial charge in [0.1, 0.15) is 0 Å². The van der Waals surface area contributed by atoms with Crippen molar-refractivity contribution >= 4 is 11.9 Å². The van der Waals surface area contributed by atoms with Gasteiger partial charge in [-0.25, -0.2) is 0 Å². The van der Waals surface area contributed by atoms with E-state index in [4.69, 9.17) is 9.47 Å². The molecule has 2 unspecified atom stereocenters. The highest BCUT2D eigenvalue weighted by atomic mass is 16.5. The molecule has 0 amide bonds. The van der Waals surface area contributed by atoms with Crippen LogP contribution in [0.4, 0.5) is 0 Å². The highest BCUT2D eigenvalue weighted by Gasteiger charge is 2.40. The van der Waals surface area contributed by atoms with Gasteiger partial charge in [-0.3, -0.25) is 9.59 Å². The Morgan fingerprint density at radius 1 is 0.950 bits per heavy atom. The maximum atomic E-state index is 12.3. The Kier molecular flexibility index (Phi) is 7.63. The van der Waals surface area contributed by atoms with Crippen LogP contribution in [0.25, 0.3) is 0 Å². The van der Waals surface area contributed by atoms with Gasteiger partial charge in [0, 0.05) is 0 Å². The maximum absolute atomic E-state index is 12.3. The summed E-state index contributed by atoms with van der Waals surface area (Å²) in [4.78, 5) is 24.5. The van der Waals surface area contributed by atoms with Gasteiger partial charge in [-0.2, -0.15) is 0 Å². The van der Waals surface area contributed by atoms with E-state index >= 15 is 0 Å². The zero-order chi connectivity index (χ0) is 15.0.